The summed E-state index contributed by atoms with van der Waals surface area (Å²) in [5.74, 6) is -2.64. The van der Waals surface area contributed by atoms with Crippen molar-refractivity contribution >= 4 is 41.9 Å². The molecule has 0 aromatic heterocycles. The number of aliphatic imine (C=N–C) groups is 1. The summed E-state index contributed by atoms with van der Waals surface area (Å²) in [6, 6.07) is 4.47. The van der Waals surface area contributed by atoms with E-state index in [1.54, 1.807) is 62.3 Å². The number of carbonyl (C=O) groups is 6. The Hall–Kier alpha value is -4.53. The van der Waals surface area contributed by atoms with Crippen LogP contribution in [0.2, 0.25) is 0 Å². The normalized spacial score (nSPS) is 12.8. The third-order valence-electron chi connectivity index (χ3n) is 5.09. The van der Waals surface area contributed by atoms with Crippen LogP contribution in [-0.2, 0) is 28.5 Å². The van der Waals surface area contributed by atoms with Crippen molar-refractivity contribution in [3.8, 4) is 0 Å². The van der Waals surface area contributed by atoms with E-state index in [-0.39, 0.29) is 24.3 Å². The van der Waals surface area contributed by atoms with E-state index >= 15 is 0 Å². The highest BCUT2D eigenvalue weighted by atomic mass is 16.6. The van der Waals surface area contributed by atoms with E-state index in [9.17, 15) is 28.8 Å². The van der Waals surface area contributed by atoms with Gasteiger partial charge in [0.25, 0.3) is 5.91 Å². The second kappa shape index (κ2) is 16.7. The fourth-order valence-corrected chi connectivity index (χ4v) is 3.29. The largest absolute Gasteiger partial charge is 0.480 e. The number of amidine groups is 1. The van der Waals surface area contributed by atoms with Gasteiger partial charge in [0.1, 0.15) is 29.5 Å². The van der Waals surface area contributed by atoms with Gasteiger partial charge in [0, 0.05) is 24.3 Å². The van der Waals surface area contributed by atoms with Gasteiger partial charge in [-0.2, -0.15) is 9.89 Å². The van der Waals surface area contributed by atoms with Crippen LogP contribution in [0.5, 0.6) is 0 Å². The topological polar surface area (TPSA) is 199 Å². The Morgan fingerprint density at radius 3 is 1.74 bits per heavy atom. The molecule has 0 bridgehead atoms. The molecule has 15 heteroatoms. The molecule has 0 heterocycles. The van der Waals surface area contributed by atoms with Crippen LogP contribution < -0.4 is 10.6 Å². The molecule has 0 fully saturated rings. The molecular formula is C31H46N4O11. The maximum atomic E-state index is 13.3. The van der Waals surface area contributed by atoms with E-state index in [2.05, 4.69) is 15.6 Å². The predicted octanol–water partition coefficient (Wildman–Crippen LogP) is 4.27. The lowest BCUT2D eigenvalue weighted by Gasteiger charge is -2.29. The summed E-state index contributed by atoms with van der Waals surface area (Å²) in [5, 5.41) is 13.7. The quantitative estimate of drug-likeness (QED) is 0.141. The Labute approximate surface area is 269 Å². The van der Waals surface area contributed by atoms with Crippen molar-refractivity contribution in [3.63, 3.8) is 0 Å². The van der Waals surface area contributed by atoms with Crippen LogP contribution in [0.25, 0.3) is 0 Å². The van der Waals surface area contributed by atoms with Crippen LogP contribution in [-0.4, -0.2) is 94.5 Å². The average Bonchev–Trinajstić information content (AvgIpc) is 2.86. The summed E-state index contributed by atoms with van der Waals surface area (Å²) >= 11 is 0. The van der Waals surface area contributed by atoms with Gasteiger partial charge in [-0.1, -0.05) is 12.1 Å². The number of nitrogens with zero attached hydrogens (tertiary/aromatic N) is 2. The van der Waals surface area contributed by atoms with Crippen molar-refractivity contribution in [2.45, 2.75) is 98.5 Å². The third-order valence-corrected chi connectivity index (χ3v) is 5.09. The number of imide groups is 1. The lowest BCUT2D eigenvalue weighted by atomic mass is 10.1. The molecule has 1 aromatic rings. The van der Waals surface area contributed by atoms with Gasteiger partial charge >= 0.3 is 24.2 Å². The molecule has 1 atom stereocenters. The molecular weight excluding hydrogens is 604 g/mol. The highest BCUT2D eigenvalue weighted by molar-refractivity contribution is 6.18. The number of hydrogen-bond donors (Lipinski definition) is 3. The SMILES string of the molecule is C[C@H](NC(=O)c1ccc(/C(=N/C(=O)OC(C)(C)C)N(C(=O)OC(C)(C)C)C(=O)OC(C)(C)C)cc1)C(=O)NCCCOCC(=O)O. The molecule has 0 saturated heterocycles. The van der Waals surface area contributed by atoms with E-state index in [1.165, 1.54) is 31.2 Å². The van der Waals surface area contributed by atoms with Gasteiger partial charge in [-0.15, -0.1) is 0 Å². The van der Waals surface area contributed by atoms with Gasteiger partial charge in [0.15, 0.2) is 5.84 Å². The number of carboxylic acid groups (broad SMARTS) is 1. The molecule has 5 amide bonds. The van der Waals surface area contributed by atoms with Crippen LogP contribution in [0.15, 0.2) is 29.3 Å². The summed E-state index contributed by atoms with van der Waals surface area (Å²) < 4.78 is 21.1. The molecule has 0 spiro atoms. The fraction of sp³-hybridized carbons (Fsp3) is 0.581. The first kappa shape index (κ1) is 39.5. The van der Waals surface area contributed by atoms with Crippen LogP contribution in [0.3, 0.4) is 0 Å². The number of benzene rings is 1. The van der Waals surface area contributed by atoms with Crippen LogP contribution in [0.4, 0.5) is 14.4 Å². The Kier molecular flexibility index (Phi) is 14.3. The zero-order valence-electron chi connectivity index (χ0n) is 28.1. The number of carbonyl (C=O) groups excluding carboxylic acids is 5. The fourth-order valence-electron chi connectivity index (χ4n) is 3.29. The molecule has 1 rings (SSSR count). The van der Waals surface area contributed by atoms with E-state index in [0.29, 0.717) is 11.3 Å². The van der Waals surface area contributed by atoms with E-state index in [1.807, 2.05) is 0 Å². The number of rotatable bonds is 10. The third kappa shape index (κ3) is 15.5. The van der Waals surface area contributed by atoms with Crippen molar-refractivity contribution in [1.29, 1.82) is 0 Å². The molecule has 0 aliphatic rings. The van der Waals surface area contributed by atoms with Gasteiger partial charge in [-0.25, -0.2) is 19.2 Å². The Balaban J connectivity index is 3.30. The number of ether oxygens (including phenoxy) is 4. The number of hydrogen-bond acceptors (Lipinski definition) is 10. The first-order valence-corrected chi connectivity index (χ1v) is 14.6. The average molecular weight is 651 g/mol. The molecule has 256 valence electrons. The zero-order valence-corrected chi connectivity index (χ0v) is 28.1. The molecule has 15 nitrogen and oxygen atoms in total. The predicted molar refractivity (Wildman–Crippen MR) is 167 cm³/mol. The molecule has 0 aliphatic carbocycles. The smallest absolute Gasteiger partial charge is 0.436 e. The Bertz CT molecular complexity index is 1260. The molecule has 46 heavy (non-hydrogen) atoms. The lowest BCUT2D eigenvalue weighted by molar-refractivity contribution is -0.142. The summed E-state index contributed by atoms with van der Waals surface area (Å²) in [6.45, 7) is 15.8. The van der Waals surface area contributed by atoms with Crippen LogP contribution in [0.1, 0.15) is 91.6 Å². The van der Waals surface area contributed by atoms with Gasteiger partial charge < -0.3 is 34.7 Å². The highest BCUT2D eigenvalue weighted by Crippen LogP contribution is 2.20. The second-order valence-corrected chi connectivity index (χ2v) is 13.1. The minimum atomic E-state index is -1.17. The highest BCUT2D eigenvalue weighted by Gasteiger charge is 2.36. The van der Waals surface area contributed by atoms with Crippen molar-refractivity contribution in [1.82, 2.24) is 15.5 Å². The standard InChI is InChI=1S/C31H46N4O11/c1-19(24(38)32-16-11-17-43-18-22(36)37)33-25(39)21-14-12-20(13-15-21)23(34-26(40)44-29(2,3)4)35(27(41)45-30(5,6)7)28(42)46-31(8,9)10/h12-15,19H,11,16-18H2,1-10H3,(H,32,38)(H,33,39)(H,36,37)/b34-23-/t19-/m0/s1. The van der Waals surface area contributed by atoms with E-state index < -0.39 is 71.4 Å². The summed E-state index contributed by atoms with van der Waals surface area (Å²) in [6.07, 6.45) is -3.06. The Morgan fingerprint density at radius 2 is 1.28 bits per heavy atom. The van der Waals surface area contributed by atoms with E-state index in [4.69, 9.17) is 24.1 Å². The molecule has 0 aliphatic heterocycles. The van der Waals surface area contributed by atoms with Gasteiger partial charge in [0.05, 0.1) is 0 Å². The maximum Gasteiger partial charge on any atom is 0.436 e. The van der Waals surface area contributed by atoms with Crippen LogP contribution in [0, 0.1) is 0 Å². The van der Waals surface area contributed by atoms with Crippen molar-refractivity contribution in [2.75, 3.05) is 19.8 Å². The van der Waals surface area contributed by atoms with Gasteiger partial charge in [-0.3, -0.25) is 9.59 Å². The van der Waals surface area contributed by atoms with Crippen molar-refractivity contribution < 1.29 is 52.8 Å². The second-order valence-electron chi connectivity index (χ2n) is 13.1. The zero-order chi connectivity index (χ0) is 35.5. The van der Waals surface area contributed by atoms with Gasteiger partial charge in [0.2, 0.25) is 5.91 Å². The van der Waals surface area contributed by atoms with Crippen molar-refractivity contribution in [3.05, 3.63) is 35.4 Å². The molecule has 1 aromatic carbocycles. The van der Waals surface area contributed by atoms with Crippen LogP contribution >= 0.6 is 0 Å². The maximum absolute atomic E-state index is 13.3. The molecule has 0 unspecified atom stereocenters. The van der Waals surface area contributed by atoms with Crippen molar-refractivity contribution in [2.24, 2.45) is 4.99 Å². The lowest BCUT2D eigenvalue weighted by Crippen LogP contribution is -2.47. The monoisotopic (exact) mass is 650 g/mol. The summed E-state index contributed by atoms with van der Waals surface area (Å²) in [5.41, 5.74) is -2.84. The number of nitrogens with one attached hydrogen (secondary N) is 2. The van der Waals surface area contributed by atoms with E-state index in [0.717, 1.165) is 0 Å². The Morgan fingerprint density at radius 1 is 0.804 bits per heavy atom. The molecule has 3 N–H and O–H groups in total. The number of carboxylic acids is 1. The first-order valence-electron chi connectivity index (χ1n) is 14.6. The minimum Gasteiger partial charge on any atom is -0.480 e. The summed E-state index contributed by atoms with van der Waals surface area (Å²) in [4.78, 5) is 79.6. The summed E-state index contributed by atoms with van der Waals surface area (Å²) in [7, 11) is 0. The minimum absolute atomic E-state index is 0.0648. The molecule has 0 saturated carbocycles. The number of amides is 5. The number of aliphatic carboxylic acids is 1. The first-order chi connectivity index (χ1) is 21.0. The van der Waals surface area contributed by atoms with Gasteiger partial charge in [-0.05, 0) is 87.8 Å². The molecule has 0 radical (unpaired) electrons.